The van der Waals surface area contributed by atoms with Crippen molar-refractivity contribution in [1.29, 1.82) is 0 Å². The molecular formula is C14H21NO2. The monoisotopic (exact) mass is 235 g/mol. The molecule has 0 radical (unpaired) electrons. The van der Waals surface area contributed by atoms with E-state index in [0.29, 0.717) is 6.42 Å². The van der Waals surface area contributed by atoms with Crippen molar-refractivity contribution in [2.75, 3.05) is 14.2 Å². The first-order chi connectivity index (χ1) is 7.99. The Bertz CT molecular complexity index is 413. The number of ether oxygens (including phenoxy) is 1. The Morgan fingerprint density at radius 1 is 1.35 bits per heavy atom. The lowest BCUT2D eigenvalue weighted by Gasteiger charge is -2.20. The second-order valence-corrected chi connectivity index (χ2v) is 4.43. The molecule has 0 spiro atoms. The summed E-state index contributed by atoms with van der Waals surface area (Å²) >= 11 is 0. The van der Waals surface area contributed by atoms with Crippen LogP contribution in [0.25, 0.3) is 0 Å². The van der Waals surface area contributed by atoms with Crippen LogP contribution < -0.4 is 10.1 Å². The highest BCUT2D eigenvalue weighted by molar-refractivity contribution is 5.76. The quantitative estimate of drug-likeness (QED) is 0.852. The van der Waals surface area contributed by atoms with Gasteiger partial charge in [0, 0.05) is 18.0 Å². The fraction of sp³-hybridized carbons (Fsp3) is 0.500. The van der Waals surface area contributed by atoms with Crippen LogP contribution in [0.3, 0.4) is 0 Å². The van der Waals surface area contributed by atoms with Crippen LogP contribution in [-0.2, 0) is 4.79 Å². The van der Waals surface area contributed by atoms with Gasteiger partial charge >= 0.3 is 0 Å². The van der Waals surface area contributed by atoms with Gasteiger partial charge in [-0.05, 0) is 45.0 Å². The van der Waals surface area contributed by atoms with E-state index in [2.05, 4.69) is 25.2 Å². The topological polar surface area (TPSA) is 38.3 Å². The largest absolute Gasteiger partial charge is 0.496 e. The van der Waals surface area contributed by atoms with Crippen molar-refractivity contribution in [3.05, 3.63) is 28.8 Å². The number of methoxy groups -OCH3 is 1. The van der Waals surface area contributed by atoms with Gasteiger partial charge in [-0.25, -0.2) is 0 Å². The van der Waals surface area contributed by atoms with Crippen LogP contribution in [-0.4, -0.2) is 19.9 Å². The summed E-state index contributed by atoms with van der Waals surface area (Å²) in [6.45, 7) is 5.73. The summed E-state index contributed by atoms with van der Waals surface area (Å²) in [7, 11) is 3.52. The number of aryl methyl sites for hydroxylation is 2. The molecule has 0 aliphatic heterocycles. The minimum atomic E-state index is 0.0155. The van der Waals surface area contributed by atoms with Gasteiger partial charge < -0.3 is 10.1 Å². The highest BCUT2D eigenvalue weighted by atomic mass is 16.5. The zero-order valence-electron chi connectivity index (χ0n) is 11.3. The summed E-state index contributed by atoms with van der Waals surface area (Å²) in [5, 5.41) is 3.17. The molecule has 0 aromatic heterocycles. The predicted octanol–water partition coefficient (Wildman–Crippen LogP) is 2.55. The molecule has 0 aliphatic rings. The van der Waals surface area contributed by atoms with Gasteiger partial charge in [0.05, 0.1) is 7.11 Å². The lowest BCUT2D eigenvalue weighted by Crippen LogP contribution is -2.20. The number of Topliss-reactive ketones (excluding diaryl/α,β-unsaturated/α-hetero) is 1. The minimum Gasteiger partial charge on any atom is -0.496 e. The summed E-state index contributed by atoms with van der Waals surface area (Å²) in [6, 6.07) is 4.13. The molecule has 1 N–H and O–H groups in total. The Morgan fingerprint density at radius 2 is 1.94 bits per heavy atom. The second-order valence-electron chi connectivity index (χ2n) is 4.43. The Labute approximate surface area is 103 Å². The molecule has 1 rings (SSSR count). The molecule has 0 amide bonds. The van der Waals surface area contributed by atoms with E-state index >= 15 is 0 Å². The molecule has 0 fully saturated rings. The lowest BCUT2D eigenvalue weighted by molar-refractivity contribution is -0.117. The molecule has 0 aliphatic carbocycles. The van der Waals surface area contributed by atoms with Gasteiger partial charge in [-0.1, -0.05) is 6.07 Å². The Kier molecular flexibility index (Phi) is 4.70. The fourth-order valence-corrected chi connectivity index (χ4v) is 1.92. The Morgan fingerprint density at radius 3 is 2.41 bits per heavy atom. The van der Waals surface area contributed by atoms with Crippen molar-refractivity contribution in [2.45, 2.75) is 33.2 Å². The number of hydrogen-bond acceptors (Lipinski definition) is 3. The standard InChI is InChI=1S/C14H21NO2/c1-9-6-12(13(15-4)8-11(3)16)14(17-5)7-10(9)2/h6-7,13,15H,8H2,1-5H3. The van der Waals surface area contributed by atoms with Crippen LogP contribution >= 0.6 is 0 Å². The second kappa shape index (κ2) is 5.82. The first-order valence-electron chi connectivity index (χ1n) is 5.81. The molecule has 0 bridgehead atoms. The highest BCUT2D eigenvalue weighted by Crippen LogP contribution is 2.30. The molecule has 17 heavy (non-hydrogen) atoms. The van der Waals surface area contributed by atoms with E-state index in [1.165, 1.54) is 11.1 Å². The summed E-state index contributed by atoms with van der Waals surface area (Å²) in [4.78, 5) is 11.3. The number of benzene rings is 1. The Balaban J connectivity index is 3.17. The van der Waals surface area contributed by atoms with E-state index in [9.17, 15) is 4.79 Å². The van der Waals surface area contributed by atoms with E-state index in [1.54, 1.807) is 14.0 Å². The van der Waals surface area contributed by atoms with Gasteiger partial charge in [-0.2, -0.15) is 0 Å². The molecule has 0 heterocycles. The van der Waals surface area contributed by atoms with Gasteiger partial charge in [0.25, 0.3) is 0 Å². The summed E-state index contributed by atoms with van der Waals surface area (Å²) in [6.07, 6.45) is 0.482. The molecule has 1 aromatic carbocycles. The van der Waals surface area contributed by atoms with E-state index in [-0.39, 0.29) is 11.8 Å². The molecule has 94 valence electrons. The number of nitrogens with one attached hydrogen (secondary N) is 1. The maximum absolute atomic E-state index is 11.3. The average molecular weight is 235 g/mol. The summed E-state index contributed by atoms with van der Waals surface area (Å²) < 4.78 is 5.39. The van der Waals surface area contributed by atoms with Crippen molar-refractivity contribution in [2.24, 2.45) is 0 Å². The minimum absolute atomic E-state index is 0.0155. The van der Waals surface area contributed by atoms with Crippen molar-refractivity contribution in [3.63, 3.8) is 0 Å². The number of rotatable bonds is 5. The van der Waals surface area contributed by atoms with E-state index in [1.807, 2.05) is 13.1 Å². The van der Waals surface area contributed by atoms with Crippen molar-refractivity contribution in [1.82, 2.24) is 5.32 Å². The summed E-state index contributed by atoms with van der Waals surface area (Å²) in [5.41, 5.74) is 3.46. The predicted molar refractivity (Wildman–Crippen MR) is 69.6 cm³/mol. The molecule has 3 nitrogen and oxygen atoms in total. The van der Waals surface area contributed by atoms with Crippen LogP contribution in [0.2, 0.25) is 0 Å². The third-order valence-electron chi connectivity index (χ3n) is 3.06. The zero-order chi connectivity index (χ0) is 13.0. The van der Waals surface area contributed by atoms with Gasteiger partial charge in [-0.15, -0.1) is 0 Å². The van der Waals surface area contributed by atoms with Gasteiger partial charge in [-0.3, -0.25) is 4.79 Å². The number of ketones is 1. The normalized spacial score (nSPS) is 12.3. The highest BCUT2D eigenvalue weighted by Gasteiger charge is 2.17. The molecule has 1 unspecified atom stereocenters. The van der Waals surface area contributed by atoms with Gasteiger partial charge in [0.2, 0.25) is 0 Å². The van der Waals surface area contributed by atoms with Gasteiger partial charge in [0.1, 0.15) is 11.5 Å². The zero-order valence-corrected chi connectivity index (χ0v) is 11.3. The van der Waals surface area contributed by atoms with Crippen molar-refractivity contribution in [3.8, 4) is 5.75 Å². The first-order valence-corrected chi connectivity index (χ1v) is 5.81. The van der Waals surface area contributed by atoms with Crippen LogP contribution in [0, 0.1) is 13.8 Å². The van der Waals surface area contributed by atoms with E-state index in [4.69, 9.17) is 4.74 Å². The van der Waals surface area contributed by atoms with Gasteiger partial charge in [0.15, 0.2) is 0 Å². The van der Waals surface area contributed by atoms with Crippen molar-refractivity contribution >= 4 is 5.78 Å². The molecular weight excluding hydrogens is 214 g/mol. The smallest absolute Gasteiger partial charge is 0.131 e. The molecule has 0 saturated carbocycles. The third-order valence-corrected chi connectivity index (χ3v) is 3.06. The lowest BCUT2D eigenvalue weighted by atomic mass is 9.96. The maximum atomic E-state index is 11.3. The maximum Gasteiger partial charge on any atom is 0.131 e. The number of carbonyl (C=O) groups is 1. The molecule has 1 aromatic rings. The van der Waals surface area contributed by atoms with E-state index < -0.39 is 0 Å². The molecule has 1 atom stereocenters. The van der Waals surface area contributed by atoms with Crippen LogP contribution in [0.1, 0.15) is 36.1 Å². The van der Waals surface area contributed by atoms with E-state index in [0.717, 1.165) is 11.3 Å². The van der Waals surface area contributed by atoms with Crippen LogP contribution in [0.5, 0.6) is 5.75 Å². The number of carbonyl (C=O) groups excluding carboxylic acids is 1. The van der Waals surface area contributed by atoms with Crippen LogP contribution in [0.4, 0.5) is 0 Å². The number of hydrogen-bond donors (Lipinski definition) is 1. The fourth-order valence-electron chi connectivity index (χ4n) is 1.92. The summed E-state index contributed by atoms with van der Waals surface area (Å²) in [5.74, 6) is 1.01. The first kappa shape index (κ1) is 13.7. The molecule has 3 heteroatoms. The Hall–Kier alpha value is -1.35. The van der Waals surface area contributed by atoms with Crippen molar-refractivity contribution < 1.29 is 9.53 Å². The average Bonchev–Trinajstić information content (AvgIpc) is 2.28. The van der Waals surface area contributed by atoms with Crippen LogP contribution in [0.15, 0.2) is 12.1 Å². The third kappa shape index (κ3) is 3.30. The molecule has 0 saturated heterocycles. The SMILES string of the molecule is CNC(CC(C)=O)c1cc(C)c(C)cc1OC.